The molecule has 0 aliphatic carbocycles. The van der Waals surface area contributed by atoms with Crippen molar-refractivity contribution in [1.29, 1.82) is 5.26 Å². The SMILES string of the molecule is CN1C[C@@H]2COC[C@H](C1)N(C(=O)c1ccc(C#N)cc1F)C2. The molecule has 2 saturated heterocycles. The van der Waals surface area contributed by atoms with Gasteiger partial charge in [-0.3, -0.25) is 4.79 Å². The molecule has 1 aromatic rings. The molecule has 2 fully saturated rings. The molecule has 0 radical (unpaired) electrons. The van der Waals surface area contributed by atoms with E-state index in [0.717, 1.165) is 19.2 Å². The van der Waals surface area contributed by atoms with Crippen molar-refractivity contribution < 1.29 is 13.9 Å². The molecule has 2 heterocycles. The predicted molar refractivity (Wildman–Crippen MR) is 77.7 cm³/mol. The van der Waals surface area contributed by atoms with Gasteiger partial charge in [0.15, 0.2) is 0 Å². The van der Waals surface area contributed by atoms with Gasteiger partial charge in [0.2, 0.25) is 0 Å². The summed E-state index contributed by atoms with van der Waals surface area (Å²) in [6.07, 6.45) is 0. The Balaban J connectivity index is 1.89. The number of ether oxygens (including phenoxy) is 1. The molecule has 0 N–H and O–H groups in total. The summed E-state index contributed by atoms with van der Waals surface area (Å²) < 4.78 is 19.8. The third-order valence-electron chi connectivity index (χ3n) is 4.24. The largest absolute Gasteiger partial charge is 0.379 e. The summed E-state index contributed by atoms with van der Waals surface area (Å²) in [6.45, 7) is 3.27. The smallest absolute Gasteiger partial charge is 0.257 e. The zero-order valence-electron chi connectivity index (χ0n) is 12.5. The molecule has 0 spiro atoms. The summed E-state index contributed by atoms with van der Waals surface area (Å²) in [5.74, 6) is -0.724. The normalized spacial score (nSPS) is 25.4. The lowest BCUT2D eigenvalue weighted by molar-refractivity contribution is 0.0481. The Labute approximate surface area is 128 Å². The van der Waals surface area contributed by atoms with E-state index in [2.05, 4.69) is 4.90 Å². The summed E-state index contributed by atoms with van der Waals surface area (Å²) >= 11 is 0. The van der Waals surface area contributed by atoms with Crippen molar-refractivity contribution in [2.75, 3.05) is 39.9 Å². The van der Waals surface area contributed by atoms with Crippen molar-refractivity contribution in [3.05, 3.63) is 35.1 Å². The van der Waals surface area contributed by atoms with Crippen molar-refractivity contribution in [1.82, 2.24) is 9.80 Å². The van der Waals surface area contributed by atoms with Gasteiger partial charge in [0.25, 0.3) is 5.91 Å². The van der Waals surface area contributed by atoms with Crippen LogP contribution in [0.1, 0.15) is 15.9 Å². The van der Waals surface area contributed by atoms with Gasteiger partial charge >= 0.3 is 0 Å². The summed E-state index contributed by atoms with van der Waals surface area (Å²) in [7, 11) is 2.03. The Bertz CT molecular complexity index is 628. The molecule has 1 aromatic carbocycles. The minimum atomic E-state index is -0.642. The van der Waals surface area contributed by atoms with E-state index in [9.17, 15) is 9.18 Å². The van der Waals surface area contributed by atoms with Crippen molar-refractivity contribution >= 4 is 5.91 Å². The summed E-state index contributed by atoms with van der Waals surface area (Å²) in [5.41, 5.74) is 0.237. The van der Waals surface area contributed by atoms with Crippen LogP contribution in [0.3, 0.4) is 0 Å². The number of hydrogen-bond donors (Lipinski definition) is 0. The third-order valence-corrected chi connectivity index (χ3v) is 4.24. The minimum Gasteiger partial charge on any atom is -0.379 e. The molecule has 0 unspecified atom stereocenters. The monoisotopic (exact) mass is 303 g/mol. The Morgan fingerprint density at radius 1 is 1.36 bits per heavy atom. The van der Waals surface area contributed by atoms with Gasteiger partial charge in [0.1, 0.15) is 5.82 Å². The number of carbonyl (C=O) groups excluding carboxylic acids is 1. The second-order valence-corrected chi connectivity index (χ2v) is 6.04. The second kappa shape index (κ2) is 6.03. The Morgan fingerprint density at radius 2 is 2.18 bits per heavy atom. The molecule has 6 heteroatoms. The quantitative estimate of drug-likeness (QED) is 0.779. The van der Waals surface area contributed by atoms with E-state index in [1.54, 1.807) is 4.90 Å². The van der Waals surface area contributed by atoms with Gasteiger partial charge < -0.3 is 14.5 Å². The Hall–Kier alpha value is -1.97. The zero-order chi connectivity index (χ0) is 15.7. The average Bonchev–Trinajstić information content (AvgIpc) is 2.76. The van der Waals surface area contributed by atoms with Gasteiger partial charge in [0, 0.05) is 25.6 Å². The van der Waals surface area contributed by atoms with Crippen LogP contribution in [0.4, 0.5) is 4.39 Å². The maximum absolute atomic E-state index is 14.1. The first kappa shape index (κ1) is 14.9. The van der Waals surface area contributed by atoms with Crippen molar-refractivity contribution in [2.45, 2.75) is 6.04 Å². The van der Waals surface area contributed by atoms with Crippen molar-refractivity contribution in [3.63, 3.8) is 0 Å². The van der Waals surface area contributed by atoms with E-state index in [0.29, 0.717) is 19.8 Å². The van der Waals surface area contributed by atoms with Crippen LogP contribution in [-0.2, 0) is 4.74 Å². The lowest BCUT2D eigenvalue weighted by atomic mass is 10.1. The maximum atomic E-state index is 14.1. The highest BCUT2D eigenvalue weighted by molar-refractivity contribution is 5.95. The molecule has 2 aliphatic rings. The highest BCUT2D eigenvalue weighted by atomic mass is 19.1. The van der Waals surface area contributed by atoms with E-state index in [1.165, 1.54) is 12.1 Å². The third kappa shape index (κ3) is 2.82. The predicted octanol–water partition coefficient (Wildman–Crippen LogP) is 1.10. The van der Waals surface area contributed by atoms with Gasteiger partial charge in [-0.2, -0.15) is 5.26 Å². The average molecular weight is 303 g/mol. The summed E-state index contributed by atoms with van der Waals surface area (Å²) in [4.78, 5) is 16.7. The first-order valence-corrected chi connectivity index (χ1v) is 7.35. The molecular weight excluding hydrogens is 285 g/mol. The van der Waals surface area contributed by atoms with Crippen LogP contribution >= 0.6 is 0 Å². The highest BCUT2D eigenvalue weighted by Crippen LogP contribution is 2.22. The van der Waals surface area contributed by atoms with E-state index >= 15 is 0 Å². The molecule has 2 atom stereocenters. The van der Waals surface area contributed by atoms with Crippen LogP contribution in [-0.4, -0.2) is 61.6 Å². The number of likely N-dealkylation sites (N-methyl/N-ethyl adjacent to an activating group) is 1. The van der Waals surface area contributed by atoms with E-state index in [1.807, 2.05) is 13.1 Å². The molecule has 22 heavy (non-hydrogen) atoms. The summed E-state index contributed by atoms with van der Waals surface area (Å²) in [6, 6.07) is 5.79. The fraction of sp³-hybridized carbons (Fsp3) is 0.500. The first-order chi connectivity index (χ1) is 10.6. The van der Waals surface area contributed by atoms with Crippen LogP contribution in [0.15, 0.2) is 18.2 Å². The Morgan fingerprint density at radius 3 is 2.91 bits per heavy atom. The van der Waals surface area contributed by atoms with E-state index in [-0.39, 0.29) is 29.0 Å². The number of rotatable bonds is 1. The fourth-order valence-corrected chi connectivity index (χ4v) is 3.24. The molecule has 116 valence electrons. The molecule has 3 rings (SSSR count). The van der Waals surface area contributed by atoms with Gasteiger partial charge in [-0.05, 0) is 25.2 Å². The first-order valence-electron chi connectivity index (χ1n) is 7.35. The van der Waals surface area contributed by atoms with Gasteiger partial charge in [-0.1, -0.05) is 0 Å². The molecule has 0 aromatic heterocycles. The maximum Gasteiger partial charge on any atom is 0.257 e. The number of hydrogen-bond acceptors (Lipinski definition) is 4. The van der Waals surface area contributed by atoms with Gasteiger partial charge in [-0.15, -0.1) is 0 Å². The zero-order valence-corrected chi connectivity index (χ0v) is 12.5. The highest BCUT2D eigenvalue weighted by Gasteiger charge is 2.35. The molecule has 2 aliphatic heterocycles. The number of carbonyl (C=O) groups is 1. The van der Waals surface area contributed by atoms with Gasteiger partial charge in [0.05, 0.1) is 36.5 Å². The number of benzene rings is 1. The Kier molecular flexibility index (Phi) is 4.10. The minimum absolute atomic E-state index is 0.0224. The molecular formula is C16H18FN3O2. The molecule has 1 amide bonds. The fourth-order valence-electron chi connectivity index (χ4n) is 3.24. The summed E-state index contributed by atoms with van der Waals surface area (Å²) in [5, 5.41) is 8.80. The van der Waals surface area contributed by atoms with Crippen LogP contribution in [0.25, 0.3) is 0 Å². The topological polar surface area (TPSA) is 56.6 Å². The van der Waals surface area contributed by atoms with E-state index < -0.39 is 5.82 Å². The second-order valence-electron chi connectivity index (χ2n) is 6.04. The number of nitrogens with zero attached hydrogens (tertiary/aromatic N) is 3. The molecule has 0 saturated carbocycles. The standard InChI is InChI=1S/C16H18FN3O2/c1-19-6-12-7-20(13(8-19)10-22-9-12)16(21)14-3-2-11(5-18)4-15(14)17/h2-4,12-13H,6-10H2,1H3/t12-,13-/m0/s1. The number of nitriles is 1. The van der Waals surface area contributed by atoms with Crippen LogP contribution in [0.2, 0.25) is 0 Å². The van der Waals surface area contributed by atoms with Crippen molar-refractivity contribution in [3.8, 4) is 6.07 Å². The molecule has 5 nitrogen and oxygen atoms in total. The lowest BCUT2D eigenvalue weighted by Gasteiger charge is -2.29. The number of halogens is 1. The van der Waals surface area contributed by atoms with Crippen LogP contribution in [0.5, 0.6) is 0 Å². The number of amides is 1. The van der Waals surface area contributed by atoms with Crippen LogP contribution < -0.4 is 0 Å². The van der Waals surface area contributed by atoms with Gasteiger partial charge in [-0.25, -0.2) is 4.39 Å². The lowest BCUT2D eigenvalue weighted by Crippen LogP contribution is -2.46. The van der Waals surface area contributed by atoms with E-state index in [4.69, 9.17) is 10.00 Å². The van der Waals surface area contributed by atoms with Crippen molar-refractivity contribution in [2.24, 2.45) is 5.92 Å². The number of fused-ring (bicyclic) bond motifs is 3. The molecule has 2 bridgehead atoms. The van der Waals surface area contributed by atoms with Crippen LogP contribution in [0, 0.1) is 23.1 Å².